The van der Waals surface area contributed by atoms with Crippen molar-refractivity contribution in [3.63, 3.8) is 0 Å². The molecule has 1 N–H and O–H groups in total. The number of halogens is 1. The van der Waals surface area contributed by atoms with Crippen molar-refractivity contribution < 1.29 is 4.39 Å². The Morgan fingerprint density at radius 1 is 1.00 bits per heavy atom. The van der Waals surface area contributed by atoms with Crippen molar-refractivity contribution in [2.45, 2.75) is 18.9 Å². The van der Waals surface area contributed by atoms with Crippen LogP contribution in [0.3, 0.4) is 0 Å². The van der Waals surface area contributed by atoms with Gasteiger partial charge >= 0.3 is 0 Å². The van der Waals surface area contributed by atoms with Crippen LogP contribution in [0.25, 0.3) is 11.1 Å². The molecule has 0 radical (unpaired) electrons. The van der Waals surface area contributed by atoms with Gasteiger partial charge in [0.05, 0.1) is 0 Å². The Morgan fingerprint density at radius 3 is 2.50 bits per heavy atom. The smallest absolute Gasteiger partial charge is 0.123 e. The highest BCUT2D eigenvalue weighted by Crippen LogP contribution is 2.26. The molecule has 0 aliphatic carbocycles. The van der Waals surface area contributed by atoms with E-state index in [1.54, 1.807) is 12.1 Å². The maximum Gasteiger partial charge on any atom is 0.123 e. The van der Waals surface area contributed by atoms with Gasteiger partial charge in [0.2, 0.25) is 0 Å². The van der Waals surface area contributed by atoms with Gasteiger partial charge in [-0.1, -0.05) is 36.4 Å². The fourth-order valence-corrected chi connectivity index (χ4v) is 2.54. The lowest BCUT2D eigenvalue weighted by Crippen LogP contribution is -2.12. The third-order valence-corrected chi connectivity index (χ3v) is 3.53. The summed E-state index contributed by atoms with van der Waals surface area (Å²) in [4.78, 5) is 0. The molecule has 1 fully saturated rings. The zero-order valence-corrected chi connectivity index (χ0v) is 10.2. The zero-order valence-electron chi connectivity index (χ0n) is 10.2. The van der Waals surface area contributed by atoms with Crippen LogP contribution in [0.2, 0.25) is 0 Å². The molecule has 1 heterocycles. The molecule has 0 bridgehead atoms. The fraction of sp³-hybridized carbons (Fsp3) is 0.250. The summed E-state index contributed by atoms with van der Waals surface area (Å²) in [6, 6.07) is 15.7. The molecular formula is C16H16FN. The van der Waals surface area contributed by atoms with Gasteiger partial charge in [0.15, 0.2) is 0 Å². The van der Waals surface area contributed by atoms with Gasteiger partial charge in [-0.05, 0) is 48.2 Å². The Hall–Kier alpha value is -1.67. The van der Waals surface area contributed by atoms with Gasteiger partial charge in [0, 0.05) is 6.04 Å². The first kappa shape index (κ1) is 11.4. The molecule has 92 valence electrons. The van der Waals surface area contributed by atoms with E-state index in [9.17, 15) is 4.39 Å². The first-order chi connectivity index (χ1) is 8.83. The molecule has 0 saturated carbocycles. The van der Waals surface area contributed by atoms with Gasteiger partial charge < -0.3 is 5.32 Å². The molecule has 3 rings (SSSR count). The van der Waals surface area contributed by atoms with Gasteiger partial charge in [-0.2, -0.15) is 0 Å². The van der Waals surface area contributed by atoms with E-state index >= 15 is 0 Å². The minimum atomic E-state index is -0.186. The van der Waals surface area contributed by atoms with Gasteiger partial charge in [-0.25, -0.2) is 4.39 Å². The van der Waals surface area contributed by atoms with E-state index in [1.807, 2.05) is 6.07 Å². The minimum absolute atomic E-state index is 0.186. The van der Waals surface area contributed by atoms with E-state index in [0.29, 0.717) is 6.04 Å². The molecule has 1 saturated heterocycles. The topological polar surface area (TPSA) is 12.0 Å². The zero-order chi connectivity index (χ0) is 12.4. The molecule has 1 nitrogen and oxygen atoms in total. The first-order valence-corrected chi connectivity index (χ1v) is 6.42. The predicted molar refractivity (Wildman–Crippen MR) is 71.8 cm³/mol. The Balaban J connectivity index is 1.86. The maximum atomic E-state index is 13.2. The number of nitrogens with one attached hydrogen (secondary N) is 1. The predicted octanol–water partition coefficient (Wildman–Crippen LogP) is 3.92. The summed E-state index contributed by atoms with van der Waals surface area (Å²) in [6.45, 7) is 1.11. The van der Waals surface area contributed by atoms with Crippen LogP contribution in [0.1, 0.15) is 24.4 Å². The second-order valence-electron chi connectivity index (χ2n) is 4.78. The molecule has 1 unspecified atom stereocenters. The van der Waals surface area contributed by atoms with Crippen LogP contribution in [-0.2, 0) is 0 Å². The molecule has 0 amide bonds. The molecule has 1 atom stereocenters. The number of rotatable bonds is 2. The molecule has 0 spiro atoms. The van der Waals surface area contributed by atoms with Gasteiger partial charge in [0.1, 0.15) is 5.82 Å². The molecule has 2 aromatic carbocycles. The summed E-state index contributed by atoms with van der Waals surface area (Å²) in [6.07, 6.45) is 2.45. The summed E-state index contributed by atoms with van der Waals surface area (Å²) in [7, 11) is 0. The average Bonchev–Trinajstić information content (AvgIpc) is 2.93. The Labute approximate surface area is 107 Å². The Kier molecular flexibility index (Phi) is 3.11. The number of hydrogen-bond acceptors (Lipinski definition) is 1. The summed E-state index contributed by atoms with van der Waals surface area (Å²) in [5, 5.41) is 3.48. The molecule has 2 aromatic rings. The van der Waals surface area contributed by atoms with Crippen molar-refractivity contribution in [2.24, 2.45) is 0 Å². The first-order valence-electron chi connectivity index (χ1n) is 6.42. The van der Waals surface area contributed by atoms with Gasteiger partial charge in [-0.3, -0.25) is 0 Å². The van der Waals surface area contributed by atoms with E-state index in [1.165, 1.54) is 24.5 Å². The van der Waals surface area contributed by atoms with Crippen LogP contribution in [-0.4, -0.2) is 6.54 Å². The van der Waals surface area contributed by atoms with Crippen molar-refractivity contribution in [2.75, 3.05) is 6.54 Å². The number of hydrogen-bond donors (Lipinski definition) is 1. The second kappa shape index (κ2) is 4.91. The van der Waals surface area contributed by atoms with E-state index in [-0.39, 0.29) is 5.82 Å². The van der Waals surface area contributed by atoms with Gasteiger partial charge in [-0.15, -0.1) is 0 Å². The lowest BCUT2D eigenvalue weighted by molar-refractivity contribution is 0.628. The lowest BCUT2D eigenvalue weighted by atomic mass is 10.00. The van der Waals surface area contributed by atoms with Crippen molar-refractivity contribution in [3.8, 4) is 11.1 Å². The third kappa shape index (κ3) is 2.29. The summed E-state index contributed by atoms with van der Waals surface area (Å²) < 4.78 is 13.2. The van der Waals surface area contributed by atoms with E-state index < -0.39 is 0 Å². The fourth-order valence-electron chi connectivity index (χ4n) is 2.54. The monoisotopic (exact) mass is 241 g/mol. The van der Waals surface area contributed by atoms with Crippen LogP contribution < -0.4 is 5.32 Å². The van der Waals surface area contributed by atoms with Crippen molar-refractivity contribution >= 4 is 0 Å². The Bertz CT molecular complexity index is 527. The maximum absolute atomic E-state index is 13.2. The standard InChI is InChI=1S/C16H16FN/c17-15-4-1-3-14(11-15)12-6-8-13(9-7-12)16-5-2-10-18-16/h1,3-4,6-9,11,16,18H,2,5,10H2. The molecule has 2 heteroatoms. The third-order valence-electron chi connectivity index (χ3n) is 3.53. The van der Waals surface area contributed by atoms with E-state index in [4.69, 9.17) is 0 Å². The number of benzene rings is 2. The normalized spacial score (nSPS) is 19.1. The van der Waals surface area contributed by atoms with Crippen LogP contribution in [0, 0.1) is 5.82 Å². The summed E-state index contributed by atoms with van der Waals surface area (Å²) in [5.41, 5.74) is 3.32. The van der Waals surface area contributed by atoms with Crippen LogP contribution >= 0.6 is 0 Å². The highest BCUT2D eigenvalue weighted by molar-refractivity contribution is 5.63. The largest absolute Gasteiger partial charge is 0.310 e. The van der Waals surface area contributed by atoms with Crippen LogP contribution in [0.4, 0.5) is 4.39 Å². The molecule has 18 heavy (non-hydrogen) atoms. The summed E-state index contributed by atoms with van der Waals surface area (Å²) >= 11 is 0. The minimum Gasteiger partial charge on any atom is -0.310 e. The lowest BCUT2D eigenvalue weighted by Gasteiger charge is -2.11. The van der Waals surface area contributed by atoms with Crippen molar-refractivity contribution in [1.29, 1.82) is 0 Å². The van der Waals surface area contributed by atoms with Crippen molar-refractivity contribution in [3.05, 3.63) is 59.9 Å². The van der Waals surface area contributed by atoms with Crippen LogP contribution in [0.15, 0.2) is 48.5 Å². The highest BCUT2D eigenvalue weighted by Gasteiger charge is 2.15. The van der Waals surface area contributed by atoms with E-state index in [0.717, 1.165) is 17.7 Å². The van der Waals surface area contributed by atoms with Crippen LogP contribution in [0.5, 0.6) is 0 Å². The molecular weight excluding hydrogens is 225 g/mol. The van der Waals surface area contributed by atoms with E-state index in [2.05, 4.69) is 29.6 Å². The SMILES string of the molecule is Fc1cccc(-c2ccc(C3CCCN3)cc2)c1. The Morgan fingerprint density at radius 2 is 1.83 bits per heavy atom. The average molecular weight is 241 g/mol. The van der Waals surface area contributed by atoms with Gasteiger partial charge in [0.25, 0.3) is 0 Å². The second-order valence-corrected chi connectivity index (χ2v) is 4.78. The van der Waals surface area contributed by atoms with Crippen molar-refractivity contribution in [1.82, 2.24) is 5.32 Å². The summed E-state index contributed by atoms with van der Waals surface area (Å²) in [5.74, 6) is -0.186. The highest BCUT2D eigenvalue weighted by atomic mass is 19.1. The molecule has 1 aliphatic rings. The molecule has 0 aromatic heterocycles. The molecule has 1 aliphatic heterocycles. The quantitative estimate of drug-likeness (QED) is 0.840.